The fourth-order valence-electron chi connectivity index (χ4n) is 2.12. The molecule has 5 nitrogen and oxygen atoms in total. The molecular weight excluding hydrogens is 216 g/mol. The van der Waals surface area contributed by atoms with Crippen LogP contribution in [0.4, 0.5) is 0 Å². The molecule has 2 N–H and O–H groups in total. The van der Waals surface area contributed by atoms with E-state index in [4.69, 9.17) is 0 Å². The van der Waals surface area contributed by atoms with E-state index in [-0.39, 0.29) is 11.8 Å². The highest BCUT2D eigenvalue weighted by Crippen LogP contribution is 2.11. The molecule has 1 aliphatic rings. The lowest BCUT2D eigenvalue weighted by Gasteiger charge is -2.21. The minimum atomic E-state index is 0.126. The van der Waals surface area contributed by atoms with E-state index in [0.717, 1.165) is 37.2 Å². The zero-order valence-electron chi connectivity index (χ0n) is 10.5. The van der Waals surface area contributed by atoms with Crippen LogP contribution in [0, 0.1) is 12.8 Å². The molecule has 1 aromatic rings. The summed E-state index contributed by atoms with van der Waals surface area (Å²) in [5.74, 6) is 0.279. The van der Waals surface area contributed by atoms with E-state index in [2.05, 4.69) is 15.7 Å². The summed E-state index contributed by atoms with van der Waals surface area (Å²) in [4.78, 5) is 11.9. The van der Waals surface area contributed by atoms with E-state index in [1.54, 1.807) is 0 Å². The van der Waals surface area contributed by atoms with Gasteiger partial charge in [0, 0.05) is 31.4 Å². The van der Waals surface area contributed by atoms with Crippen LogP contribution in [-0.2, 0) is 18.4 Å². The van der Waals surface area contributed by atoms with Crippen LogP contribution in [0.15, 0.2) is 6.20 Å². The molecule has 2 rings (SSSR count). The normalized spacial score (nSPS) is 20.2. The van der Waals surface area contributed by atoms with E-state index >= 15 is 0 Å². The number of hydrogen-bond donors (Lipinski definition) is 2. The Kier molecular flexibility index (Phi) is 3.78. The van der Waals surface area contributed by atoms with Gasteiger partial charge in [-0.1, -0.05) is 0 Å². The van der Waals surface area contributed by atoms with Crippen molar-refractivity contribution < 1.29 is 4.79 Å². The third kappa shape index (κ3) is 2.85. The highest BCUT2D eigenvalue weighted by Gasteiger charge is 2.20. The number of carbonyl (C=O) groups excluding carboxylic acids is 1. The van der Waals surface area contributed by atoms with Crippen LogP contribution in [0.1, 0.15) is 24.1 Å². The summed E-state index contributed by atoms with van der Waals surface area (Å²) in [6.45, 7) is 4.43. The molecule has 1 saturated heterocycles. The predicted molar refractivity (Wildman–Crippen MR) is 65.4 cm³/mol. The Balaban J connectivity index is 1.85. The Morgan fingerprint density at radius 2 is 2.53 bits per heavy atom. The minimum Gasteiger partial charge on any atom is -0.352 e. The van der Waals surface area contributed by atoms with E-state index < -0.39 is 0 Å². The summed E-state index contributed by atoms with van der Waals surface area (Å²) < 4.78 is 1.82. The molecule has 0 saturated carbocycles. The summed E-state index contributed by atoms with van der Waals surface area (Å²) in [7, 11) is 1.91. The third-order valence-electron chi connectivity index (χ3n) is 3.46. The molecule has 0 spiro atoms. The molecule has 1 amide bonds. The van der Waals surface area contributed by atoms with Gasteiger partial charge in [-0.3, -0.25) is 9.48 Å². The fraction of sp³-hybridized carbons (Fsp3) is 0.667. The topological polar surface area (TPSA) is 59.0 Å². The minimum absolute atomic E-state index is 0.126. The summed E-state index contributed by atoms with van der Waals surface area (Å²) in [6.07, 6.45) is 3.89. The van der Waals surface area contributed by atoms with Gasteiger partial charge < -0.3 is 10.6 Å². The van der Waals surface area contributed by atoms with Crippen LogP contribution in [0.25, 0.3) is 0 Å². The quantitative estimate of drug-likeness (QED) is 0.796. The second-order valence-electron chi connectivity index (χ2n) is 4.64. The van der Waals surface area contributed by atoms with Gasteiger partial charge in [0.05, 0.1) is 12.1 Å². The predicted octanol–water partition coefficient (Wildman–Crippen LogP) is 0.344. The molecule has 0 unspecified atom stereocenters. The van der Waals surface area contributed by atoms with Crippen molar-refractivity contribution in [2.24, 2.45) is 13.0 Å². The number of hydrogen-bond acceptors (Lipinski definition) is 3. The second kappa shape index (κ2) is 5.31. The maximum Gasteiger partial charge on any atom is 0.224 e. The zero-order chi connectivity index (χ0) is 12.3. The Bertz CT molecular complexity index is 393. The van der Waals surface area contributed by atoms with Gasteiger partial charge in [0.1, 0.15) is 0 Å². The average molecular weight is 236 g/mol. The molecule has 1 atom stereocenters. The largest absolute Gasteiger partial charge is 0.352 e. The molecule has 17 heavy (non-hydrogen) atoms. The highest BCUT2D eigenvalue weighted by molar-refractivity contribution is 5.78. The Morgan fingerprint density at radius 3 is 3.12 bits per heavy atom. The van der Waals surface area contributed by atoms with Gasteiger partial charge in [0.25, 0.3) is 0 Å². The molecule has 0 bridgehead atoms. The van der Waals surface area contributed by atoms with Gasteiger partial charge in [-0.25, -0.2) is 0 Å². The second-order valence-corrected chi connectivity index (χ2v) is 4.64. The number of rotatable bonds is 3. The Hall–Kier alpha value is -1.36. The number of nitrogens with one attached hydrogen (secondary N) is 2. The first-order valence-electron chi connectivity index (χ1n) is 6.14. The average Bonchev–Trinajstić information content (AvgIpc) is 2.68. The smallest absolute Gasteiger partial charge is 0.224 e. The van der Waals surface area contributed by atoms with Gasteiger partial charge in [0.15, 0.2) is 0 Å². The van der Waals surface area contributed by atoms with Crippen molar-refractivity contribution in [3.8, 4) is 0 Å². The van der Waals surface area contributed by atoms with Crippen molar-refractivity contribution in [1.29, 1.82) is 0 Å². The monoisotopic (exact) mass is 236 g/mol. The molecule has 0 radical (unpaired) electrons. The molecule has 94 valence electrons. The molecule has 1 aliphatic heterocycles. The first-order valence-corrected chi connectivity index (χ1v) is 6.14. The van der Waals surface area contributed by atoms with Crippen molar-refractivity contribution in [1.82, 2.24) is 20.4 Å². The van der Waals surface area contributed by atoms with Crippen molar-refractivity contribution >= 4 is 5.91 Å². The SMILES string of the molecule is Cc1c(CNC(=O)[C@@H]2CCCNC2)cnn1C. The zero-order valence-corrected chi connectivity index (χ0v) is 10.5. The number of amides is 1. The lowest BCUT2D eigenvalue weighted by atomic mass is 9.99. The summed E-state index contributed by atoms with van der Waals surface area (Å²) in [6, 6.07) is 0. The summed E-state index contributed by atoms with van der Waals surface area (Å²) >= 11 is 0. The molecular formula is C12H20N4O. The van der Waals surface area contributed by atoms with Crippen LogP contribution >= 0.6 is 0 Å². The maximum atomic E-state index is 11.9. The molecule has 2 heterocycles. The van der Waals surface area contributed by atoms with Crippen LogP contribution in [0.3, 0.4) is 0 Å². The molecule has 0 aliphatic carbocycles. The van der Waals surface area contributed by atoms with E-state index in [9.17, 15) is 4.79 Å². The van der Waals surface area contributed by atoms with Gasteiger partial charge in [0.2, 0.25) is 5.91 Å². The van der Waals surface area contributed by atoms with Crippen molar-refractivity contribution in [2.45, 2.75) is 26.3 Å². The number of nitrogens with zero attached hydrogens (tertiary/aromatic N) is 2. The highest BCUT2D eigenvalue weighted by atomic mass is 16.1. The standard InChI is InChI=1S/C12H20N4O/c1-9-11(8-15-16(9)2)7-14-12(17)10-4-3-5-13-6-10/h8,10,13H,3-7H2,1-2H3,(H,14,17)/t10-/m1/s1. The maximum absolute atomic E-state index is 11.9. The van der Waals surface area contributed by atoms with Gasteiger partial charge in [-0.2, -0.15) is 5.10 Å². The Labute approximate surface area is 102 Å². The fourth-order valence-corrected chi connectivity index (χ4v) is 2.12. The van der Waals surface area contributed by atoms with Gasteiger partial charge >= 0.3 is 0 Å². The molecule has 1 aromatic heterocycles. The van der Waals surface area contributed by atoms with E-state index in [1.807, 2.05) is 24.9 Å². The number of carbonyl (C=O) groups is 1. The summed E-state index contributed by atoms with van der Waals surface area (Å²) in [5.41, 5.74) is 2.19. The first-order chi connectivity index (χ1) is 8.18. The number of piperidine rings is 1. The van der Waals surface area contributed by atoms with E-state index in [0.29, 0.717) is 6.54 Å². The van der Waals surface area contributed by atoms with Crippen LogP contribution in [-0.4, -0.2) is 28.8 Å². The first kappa shape index (κ1) is 12.1. The van der Waals surface area contributed by atoms with Crippen LogP contribution in [0.2, 0.25) is 0 Å². The third-order valence-corrected chi connectivity index (χ3v) is 3.46. The van der Waals surface area contributed by atoms with Crippen LogP contribution in [0.5, 0.6) is 0 Å². The van der Waals surface area contributed by atoms with E-state index in [1.165, 1.54) is 0 Å². The van der Waals surface area contributed by atoms with Crippen molar-refractivity contribution in [3.05, 3.63) is 17.5 Å². The lowest BCUT2D eigenvalue weighted by molar-refractivity contribution is -0.125. The van der Waals surface area contributed by atoms with Crippen molar-refractivity contribution in [2.75, 3.05) is 13.1 Å². The molecule has 0 aromatic carbocycles. The Morgan fingerprint density at radius 1 is 1.71 bits per heavy atom. The number of aryl methyl sites for hydroxylation is 1. The van der Waals surface area contributed by atoms with Crippen molar-refractivity contribution in [3.63, 3.8) is 0 Å². The summed E-state index contributed by atoms with van der Waals surface area (Å²) in [5, 5.41) is 10.4. The van der Waals surface area contributed by atoms with Gasteiger partial charge in [-0.05, 0) is 26.3 Å². The number of aromatic nitrogens is 2. The molecule has 5 heteroatoms. The van der Waals surface area contributed by atoms with Gasteiger partial charge in [-0.15, -0.1) is 0 Å². The van der Waals surface area contributed by atoms with Crippen LogP contribution < -0.4 is 10.6 Å². The lowest BCUT2D eigenvalue weighted by Crippen LogP contribution is -2.40. The molecule has 1 fully saturated rings.